The summed E-state index contributed by atoms with van der Waals surface area (Å²) in [7, 11) is 1.55. The van der Waals surface area contributed by atoms with Gasteiger partial charge in [0.2, 0.25) is 0 Å². The van der Waals surface area contributed by atoms with Crippen LogP contribution >= 0.6 is 0 Å². The Morgan fingerprint density at radius 3 is 2.05 bits per heavy atom. The smallest absolute Gasteiger partial charge is 0.177 e. The van der Waals surface area contributed by atoms with Gasteiger partial charge in [0.1, 0.15) is 28.6 Å². The number of Topliss-reactive ketones (excluding diaryl/α,β-unsaturated/α-hetero) is 1. The highest BCUT2D eigenvalue weighted by Crippen LogP contribution is 2.35. The average Bonchev–Trinajstić information content (AvgIpc) is 2.45. The molecule has 0 saturated carbocycles. The molecule has 3 N–H and O–H groups in total. The first-order valence-electron chi connectivity index (χ1n) is 6.37. The van der Waals surface area contributed by atoms with E-state index in [2.05, 4.69) is 0 Å². The first-order valence-corrected chi connectivity index (χ1v) is 6.37. The van der Waals surface area contributed by atoms with Crippen molar-refractivity contribution in [3.8, 4) is 23.0 Å². The van der Waals surface area contributed by atoms with Crippen LogP contribution in [0.25, 0.3) is 0 Å². The third-order valence-corrected chi connectivity index (χ3v) is 3.34. The molecule has 1 unspecified atom stereocenters. The highest BCUT2D eigenvalue weighted by molar-refractivity contribution is 6.05. The molecule has 0 aliphatic rings. The van der Waals surface area contributed by atoms with Crippen LogP contribution in [0, 0.1) is 0 Å². The molecule has 1 atom stereocenters. The number of rotatable bonds is 4. The summed E-state index contributed by atoms with van der Waals surface area (Å²) in [5.74, 6) is -1.52. The van der Waals surface area contributed by atoms with E-state index in [1.54, 1.807) is 38.3 Å². The maximum Gasteiger partial charge on any atom is 0.177 e. The fourth-order valence-electron chi connectivity index (χ4n) is 2.11. The Morgan fingerprint density at radius 1 is 1.05 bits per heavy atom. The van der Waals surface area contributed by atoms with E-state index >= 15 is 0 Å². The van der Waals surface area contributed by atoms with Crippen molar-refractivity contribution >= 4 is 5.78 Å². The van der Waals surface area contributed by atoms with Gasteiger partial charge in [0.25, 0.3) is 0 Å². The second-order valence-electron chi connectivity index (χ2n) is 4.72. The lowest BCUT2D eigenvalue weighted by Crippen LogP contribution is -2.10. The van der Waals surface area contributed by atoms with Crippen LogP contribution in [0.4, 0.5) is 0 Å². The first kappa shape index (κ1) is 14.7. The minimum absolute atomic E-state index is 0.198. The highest BCUT2D eigenvalue weighted by Gasteiger charge is 2.24. The number of aromatic hydroxyl groups is 3. The molecule has 0 fully saturated rings. The zero-order valence-corrected chi connectivity index (χ0v) is 11.7. The summed E-state index contributed by atoms with van der Waals surface area (Å²) in [6, 6.07) is 9.00. The standard InChI is InChI=1S/C16H16O5/c1-9(10-3-5-12(21-2)6-4-10)16(20)15-13(18)7-11(17)8-14(15)19/h3-9,17-19H,1-2H3. The Balaban J connectivity index is 2.34. The van der Waals surface area contributed by atoms with Gasteiger partial charge in [-0.3, -0.25) is 4.79 Å². The van der Waals surface area contributed by atoms with Crippen LogP contribution in [0.15, 0.2) is 36.4 Å². The molecule has 21 heavy (non-hydrogen) atoms. The molecule has 0 amide bonds. The highest BCUT2D eigenvalue weighted by atomic mass is 16.5. The largest absolute Gasteiger partial charge is 0.508 e. The van der Waals surface area contributed by atoms with Gasteiger partial charge in [-0.2, -0.15) is 0 Å². The third-order valence-electron chi connectivity index (χ3n) is 3.34. The van der Waals surface area contributed by atoms with E-state index in [1.165, 1.54) is 0 Å². The van der Waals surface area contributed by atoms with Crippen molar-refractivity contribution in [2.45, 2.75) is 12.8 Å². The van der Waals surface area contributed by atoms with Gasteiger partial charge in [-0.05, 0) is 17.7 Å². The predicted molar refractivity (Wildman–Crippen MR) is 77.2 cm³/mol. The van der Waals surface area contributed by atoms with Crippen molar-refractivity contribution in [2.75, 3.05) is 7.11 Å². The van der Waals surface area contributed by atoms with E-state index in [9.17, 15) is 20.1 Å². The molecule has 0 bridgehead atoms. The maximum absolute atomic E-state index is 12.4. The summed E-state index contributed by atoms with van der Waals surface area (Å²) in [5.41, 5.74) is 0.531. The number of ketones is 1. The number of hydrogen-bond acceptors (Lipinski definition) is 5. The molecular weight excluding hydrogens is 272 g/mol. The van der Waals surface area contributed by atoms with Crippen LogP contribution in [0.1, 0.15) is 28.8 Å². The van der Waals surface area contributed by atoms with E-state index in [0.29, 0.717) is 5.75 Å². The Kier molecular flexibility index (Phi) is 4.03. The van der Waals surface area contributed by atoms with Crippen molar-refractivity contribution in [1.29, 1.82) is 0 Å². The summed E-state index contributed by atoms with van der Waals surface area (Å²) < 4.78 is 5.05. The van der Waals surface area contributed by atoms with Crippen LogP contribution in [-0.4, -0.2) is 28.2 Å². The number of hydrogen-bond donors (Lipinski definition) is 3. The van der Waals surface area contributed by atoms with Crippen LogP contribution in [0.5, 0.6) is 23.0 Å². The first-order chi connectivity index (χ1) is 9.93. The second-order valence-corrected chi connectivity index (χ2v) is 4.72. The zero-order chi connectivity index (χ0) is 15.6. The molecule has 0 radical (unpaired) electrons. The monoisotopic (exact) mass is 288 g/mol. The minimum atomic E-state index is -0.558. The number of phenolic OH excluding ortho intramolecular Hbond substituents is 3. The van der Waals surface area contributed by atoms with Gasteiger partial charge < -0.3 is 20.1 Å². The van der Waals surface area contributed by atoms with Crippen molar-refractivity contribution in [3.63, 3.8) is 0 Å². The van der Waals surface area contributed by atoms with Crippen molar-refractivity contribution in [2.24, 2.45) is 0 Å². The molecule has 2 rings (SSSR count). The molecule has 0 spiro atoms. The SMILES string of the molecule is COc1ccc(C(C)C(=O)c2c(O)cc(O)cc2O)cc1. The van der Waals surface area contributed by atoms with E-state index < -0.39 is 23.2 Å². The van der Waals surface area contributed by atoms with E-state index in [1.807, 2.05) is 0 Å². The van der Waals surface area contributed by atoms with Gasteiger partial charge in [-0.15, -0.1) is 0 Å². The van der Waals surface area contributed by atoms with E-state index in [-0.39, 0.29) is 11.3 Å². The number of carbonyl (C=O) groups is 1. The Hall–Kier alpha value is -2.69. The van der Waals surface area contributed by atoms with Crippen molar-refractivity contribution in [3.05, 3.63) is 47.5 Å². The predicted octanol–water partition coefficient (Wildman–Crippen LogP) is 2.80. The topological polar surface area (TPSA) is 87.0 Å². The second kappa shape index (κ2) is 5.75. The Morgan fingerprint density at radius 2 is 1.57 bits per heavy atom. The number of carbonyl (C=O) groups excluding carboxylic acids is 1. The molecule has 0 heterocycles. The van der Waals surface area contributed by atoms with Gasteiger partial charge in [0.15, 0.2) is 5.78 Å². The van der Waals surface area contributed by atoms with Gasteiger partial charge >= 0.3 is 0 Å². The lowest BCUT2D eigenvalue weighted by atomic mass is 9.91. The van der Waals surface area contributed by atoms with Crippen molar-refractivity contribution in [1.82, 2.24) is 0 Å². The lowest BCUT2D eigenvalue weighted by Gasteiger charge is -2.14. The van der Waals surface area contributed by atoms with E-state index in [4.69, 9.17) is 4.74 Å². The number of methoxy groups -OCH3 is 1. The molecule has 2 aromatic rings. The molecule has 5 heteroatoms. The van der Waals surface area contributed by atoms with E-state index in [0.717, 1.165) is 17.7 Å². The van der Waals surface area contributed by atoms with Crippen LogP contribution in [-0.2, 0) is 0 Å². The summed E-state index contributed by atoms with van der Waals surface area (Å²) in [5, 5.41) is 28.8. The van der Waals surface area contributed by atoms with Gasteiger partial charge in [0, 0.05) is 18.1 Å². The van der Waals surface area contributed by atoms with Crippen LogP contribution in [0.3, 0.4) is 0 Å². The molecule has 0 aliphatic carbocycles. The molecule has 2 aromatic carbocycles. The third kappa shape index (κ3) is 2.91. The van der Waals surface area contributed by atoms with Crippen LogP contribution in [0.2, 0.25) is 0 Å². The van der Waals surface area contributed by atoms with Gasteiger partial charge in [0.05, 0.1) is 7.11 Å². The summed E-state index contributed by atoms with van der Waals surface area (Å²) in [4.78, 5) is 12.4. The zero-order valence-electron chi connectivity index (χ0n) is 11.7. The van der Waals surface area contributed by atoms with Gasteiger partial charge in [-0.25, -0.2) is 0 Å². The minimum Gasteiger partial charge on any atom is -0.508 e. The lowest BCUT2D eigenvalue weighted by molar-refractivity contribution is 0.0960. The Labute approximate surface area is 122 Å². The van der Waals surface area contributed by atoms with Gasteiger partial charge in [-0.1, -0.05) is 19.1 Å². The number of ether oxygens (including phenoxy) is 1. The molecule has 0 aliphatic heterocycles. The number of benzene rings is 2. The molecule has 5 nitrogen and oxygen atoms in total. The Bertz CT molecular complexity index is 638. The fraction of sp³-hybridized carbons (Fsp3) is 0.188. The molecular formula is C16H16O5. The summed E-state index contributed by atoms with van der Waals surface area (Å²) >= 11 is 0. The molecule has 0 aromatic heterocycles. The summed E-state index contributed by atoms with van der Waals surface area (Å²) in [6.07, 6.45) is 0. The molecule has 110 valence electrons. The summed E-state index contributed by atoms with van der Waals surface area (Å²) in [6.45, 7) is 1.68. The molecule has 0 saturated heterocycles. The average molecular weight is 288 g/mol. The maximum atomic E-state index is 12.4. The normalized spacial score (nSPS) is 11.9. The van der Waals surface area contributed by atoms with Crippen LogP contribution < -0.4 is 4.74 Å². The van der Waals surface area contributed by atoms with Crippen molar-refractivity contribution < 1.29 is 24.9 Å². The number of phenols is 3. The quantitative estimate of drug-likeness (QED) is 0.753. The fourth-order valence-corrected chi connectivity index (χ4v) is 2.11.